The summed E-state index contributed by atoms with van der Waals surface area (Å²) in [5, 5.41) is 1.81. The fourth-order valence-electron chi connectivity index (χ4n) is 1.23. The van der Waals surface area contributed by atoms with Crippen LogP contribution in [-0.4, -0.2) is 0 Å². The highest BCUT2D eigenvalue weighted by Gasteiger charge is 2.02. The topological polar surface area (TPSA) is 0 Å². The van der Waals surface area contributed by atoms with Crippen LogP contribution in [0.2, 0.25) is 0 Å². The van der Waals surface area contributed by atoms with Gasteiger partial charge in [0.05, 0.1) is 4.21 Å². The number of hydrogen-bond donors (Lipinski definition) is 0. The third-order valence-corrected chi connectivity index (χ3v) is 3.91. The Bertz CT molecular complexity index is 457. The van der Waals surface area contributed by atoms with Crippen molar-refractivity contribution in [1.29, 1.82) is 0 Å². The molecule has 76 valence electrons. The van der Waals surface area contributed by atoms with Crippen LogP contribution in [-0.2, 0) is 0 Å². The minimum atomic E-state index is -0.198. The lowest BCUT2D eigenvalue weighted by Gasteiger charge is -1.95. The molecule has 0 saturated carbocycles. The van der Waals surface area contributed by atoms with Gasteiger partial charge in [0.25, 0.3) is 0 Å². The van der Waals surface area contributed by atoms with Crippen LogP contribution < -0.4 is 0 Å². The average Bonchev–Trinajstić information content (AvgIpc) is 2.68. The highest BCUT2D eigenvalue weighted by atomic mass is 32.2. The van der Waals surface area contributed by atoms with Crippen molar-refractivity contribution in [2.45, 2.75) is 4.21 Å². The molecule has 0 fully saturated rings. The Morgan fingerprint density at radius 3 is 2.53 bits per heavy atom. The molecule has 0 atom stereocenters. The number of rotatable bonds is 3. The van der Waals surface area contributed by atoms with Crippen LogP contribution in [0.25, 0.3) is 10.4 Å². The largest absolute Gasteiger partial charge is 0.207 e. The Hall–Kier alpha value is -1.06. The molecule has 0 unspecified atom stereocenters. The quantitative estimate of drug-likeness (QED) is 0.690. The monoisotopic (exact) mass is 236 g/mol. The van der Waals surface area contributed by atoms with Gasteiger partial charge in [0.1, 0.15) is 5.82 Å². The predicted octanol–water partition coefficient (Wildman–Crippen LogP) is 4.79. The van der Waals surface area contributed by atoms with Gasteiger partial charge in [0.2, 0.25) is 0 Å². The summed E-state index contributed by atoms with van der Waals surface area (Å²) in [7, 11) is 0. The molecule has 1 heterocycles. The van der Waals surface area contributed by atoms with Gasteiger partial charge in [-0.15, -0.1) is 11.3 Å². The highest BCUT2D eigenvalue weighted by molar-refractivity contribution is 8.03. The molecule has 0 radical (unpaired) electrons. The van der Waals surface area contributed by atoms with E-state index in [0.29, 0.717) is 0 Å². The maximum absolute atomic E-state index is 12.7. The lowest BCUT2D eigenvalue weighted by molar-refractivity contribution is 0.628. The molecule has 0 aliphatic carbocycles. The van der Waals surface area contributed by atoms with Crippen molar-refractivity contribution in [3.8, 4) is 10.4 Å². The smallest absolute Gasteiger partial charge is 0.123 e. The first-order valence-electron chi connectivity index (χ1n) is 4.43. The molecule has 3 heteroatoms. The Labute approximate surface area is 96.5 Å². The summed E-state index contributed by atoms with van der Waals surface area (Å²) >= 11 is 3.29. The van der Waals surface area contributed by atoms with E-state index in [4.69, 9.17) is 0 Å². The molecule has 0 aliphatic rings. The molecule has 0 nitrogen and oxygen atoms in total. The highest BCUT2D eigenvalue weighted by Crippen LogP contribution is 2.34. The second kappa shape index (κ2) is 4.64. The minimum absolute atomic E-state index is 0.198. The molecule has 0 spiro atoms. The molecule has 0 aliphatic heterocycles. The Kier molecular flexibility index (Phi) is 3.23. The van der Waals surface area contributed by atoms with Crippen molar-refractivity contribution < 1.29 is 4.39 Å². The molecule has 1 aromatic carbocycles. The normalized spacial score (nSPS) is 10.2. The van der Waals surface area contributed by atoms with Gasteiger partial charge in [-0.1, -0.05) is 30.5 Å². The summed E-state index contributed by atoms with van der Waals surface area (Å²) in [4.78, 5) is 1.15. The summed E-state index contributed by atoms with van der Waals surface area (Å²) in [5.74, 6) is -0.198. The van der Waals surface area contributed by atoms with E-state index in [-0.39, 0.29) is 5.82 Å². The third-order valence-electron chi connectivity index (χ3n) is 1.91. The summed E-state index contributed by atoms with van der Waals surface area (Å²) < 4.78 is 13.9. The predicted molar refractivity (Wildman–Crippen MR) is 65.8 cm³/mol. The van der Waals surface area contributed by atoms with Crippen molar-refractivity contribution in [3.05, 3.63) is 54.2 Å². The number of halogens is 1. The molecule has 2 rings (SSSR count). The molecule has 15 heavy (non-hydrogen) atoms. The van der Waals surface area contributed by atoms with E-state index < -0.39 is 0 Å². The van der Waals surface area contributed by atoms with Gasteiger partial charge in [-0.2, -0.15) is 0 Å². The van der Waals surface area contributed by atoms with Crippen molar-refractivity contribution in [2.24, 2.45) is 0 Å². The SMILES string of the molecule is C=CSc1ccc(-c2ccc(F)cc2)s1. The first-order chi connectivity index (χ1) is 7.29. The second-order valence-corrected chi connectivity index (χ2v) is 5.26. The van der Waals surface area contributed by atoms with Crippen LogP contribution in [0.4, 0.5) is 4.39 Å². The zero-order chi connectivity index (χ0) is 10.7. The van der Waals surface area contributed by atoms with E-state index in [9.17, 15) is 4.39 Å². The maximum atomic E-state index is 12.7. The lowest BCUT2D eigenvalue weighted by atomic mass is 10.2. The fourth-order valence-corrected chi connectivity index (χ4v) is 2.95. The number of hydrogen-bond acceptors (Lipinski definition) is 2. The van der Waals surface area contributed by atoms with E-state index in [1.54, 1.807) is 40.6 Å². The molecule has 0 N–H and O–H groups in total. The van der Waals surface area contributed by atoms with Gasteiger partial charge in [-0.05, 0) is 35.2 Å². The summed E-state index contributed by atoms with van der Waals surface area (Å²) in [6.07, 6.45) is 0. The van der Waals surface area contributed by atoms with Crippen molar-refractivity contribution in [1.82, 2.24) is 0 Å². The summed E-state index contributed by atoms with van der Waals surface area (Å²) in [5.41, 5.74) is 1.05. The molecule has 2 aromatic rings. The van der Waals surface area contributed by atoms with Crippen molar-refractivity contribution in [3.63, 3.8) is 0 Å². The van der Waals surface area contributed by atoms with Crippen LogP contribution in [0.3, 0.4) is 0 Å². The molecule has 0 amide bonds. The van der Waals surface area contributed by atoms with E-state index in [1.807, 2.05) is 6.07 Å². The molecule has 0 saturated heterocycles. The zero-order valence-corrected chi connectivity index (χ0v) is 9.58. The number of thiophene rings is 1. The first kappa shape index (κ1) is 10.5. The van der Waals surface area contributed by atoms with Crippen molar-refractivity contribution in [2.75, 3.05) is 0 Å². The Morgan fingerprint density at radius 1 is 1.13 bits per heavy atom. The lowest BCUT2D eigenvalue weighted by Crippen LogP contribution is -1.73. The van der Waals surface area contributed by atoms with E-state index in [2.05, 4.69) is 12.6 Å². The summed E-state index contributed by atoms with van der Waals surface area (Å²) in [6.45, 7) is 3.67. The standard InChI is InChI=1S/C12H9FS2/c1-2-14-12-8-7-11(15-12)9-3-5-10(13)6-4-9/h2-8H,1H2. The third kappa shape index (κ3) is 2.49. The summed E-state index contributed by atoms with van der Waals surface area (Å²) in [6, 6.07) is 10.7. The Morgan fingerprint density at radius 2 is 1.87 bits per heavy atom. The fraction of sp³-hybridized carbons (Fsp3) is 0. The van der Waals surface area contributed by atoms with Gasteiger partial charge in [0, 0.05) is 4.88 Å². The zero-order valence-electron chi connectivity index (χ0n) is 7.94. The van der Waals surface area contributed by atoms with Crippen molar-refractivity contribution >= 4 is 23.1 Å². The van der Waals surface area contributed by atoms with Crippen LogP contribution in [0.1, 0.15) is 0 Å². The van der Waals surface area contributed by atoms with E-state index in [0.717, 1.165) is 10.4 Å². The van der Waals surface area contributed by atoms with Gasteiger partial charge in [-0.25, -0.2) is 4.39 Å². The van der Waals surface area contributed by atoms with Gasteiger partial charge in [-0.3, -0.25) is 0 Å². The van der Waals surface area contributed by atoms with Crippen LogP contribution in [0, 0.1) is 5.82 Å². The minimum Gasteiger partial charge on any atom is -0.207 e. The molecular weight excluding hydrogens is 227 g/mol. The van der Waals surface area contributed by atoms with Crippen LogP contribution >= 0.6 is 23.1 Å². The van der Waals surface area contributed by atoms with E-state index >= 15 is 0 Å². The van der Waals surface area contributed by atoms with E-state index in [1.165, 1.54) is 16.3 Å². The van der Waals surface area contributed by atoms with Gasteiger partial charge < -0.3 is 0 Å². The number of thioether (sulfide) groups is 1. The molecular formula is C12H9FS2. The van der Waals surface area contributed by atoms with Crippen LogP contribution in [0.5, 0.6) is 0 Å². The molecule has 0 bridgehead atoms. The molecule has 1 aromatic heterocycles. The van der Waals surface area contributed by atoms with Crippen LogP contribution in [0.15, 0.2) is 52.6 Å². The second-order valence-electron chi connectivity index (χ2n) is 2.91. The van der Waals surface area contributed by atoms with Gasteiger partial charge in [0.15, 0.2) is 0 Å². The average molecular weight is 236 g/mol. The Balaban J connectivity index is 2.28. The first-order valence-corrected chi connectivity index (χ1v) is 6.12. The van der Waals surface area contributed by atoms with Gasteiger partial charge >= 0.3 is 0 Å². The number of benzene rings is 1. The maximum Gasteiger partial charge on any atom is 0.123 e.